The van der Waals surface area contributed by atoms with Crippen LogP contribution in [0.15, 0.2) is 0 Å². The third-order valence-electron chi connectivity index (χ3n) is 5.11. The van der Waals surface area contributed by atoms with Crippen LogP contribution in [0.3, 0.4) is 0 Å². The van der Waals surface area contributed by atoms with E-state index in [1.807, 2.05) is 0 Å². The van der Waals surface area contributed by atoms with Gasteiger partial charge in [-0.15, -0.1) is 0 Å². The maximum Gasteiger partial charge on any atom is -0.0226 e. The first-order valence-corrected chi connectivity index (χ1v) is 7.21. The molecule has 0 aromatic carbocycles. The summed E-state index contributed by atoms with van der Waals surface area (Å²) in [6, 6.07) is 0. The zero-order valence-electron chi connectivity index (χ0n) is 13.0. The molecule has 0 nitrogen and oxygen atoms in total. The molecule has 98 valence electrons. The van der Waals surface area contributed by atoms with Gasteiger partial charge >= 0.3 is 0 Å². The first-order valence-electron chi connectivity index (χ1n) is 7.21. The normalized spacial score (nSPS) is 20.2. The Morgan fingerprint density at radius 2 is 1.06 bits per heavy atom. The Balaban J connectivity index is 5.03. The molecule has 0 amide bonds. The molecule has 0 heterocycles. The lowest BCUT2D eigenvalue weighted by molar-refractivity contribution is -0.0212. The molecule has 2 unspecified atom stereocenters. The molecule has 0 rings (SSSR count). The predicted octanol–water partition coefficient (Wildman–Crippen LogP) is 5.91. The van der Waals surface area contributed by atoms with Gasteiger partial charge in [0, 0.05) is 0 Å². The molecular formula is C16H34. The van der Waals surface area contributed by atoms with Gasteiger partial charge in [-0.3, -0.25) is 0 Å². The topological polar surface area (TPSA) is 0 Å². The molecule has 0 saturated carbocycles. The molecule has 0 heteroatoms. The highest BCUT2D eigenvalue weighted by Gasteiger charge is 2.44. The third kappa shape index (κ3) is 3.25. The second kappa shape index (κ2) is 6.07. The van der Waals surface area contributed by atoms with Gasteiger partial charge in [-0.05, 0) is 22.7 Å². The lowest BCUT2D eigenvalue weighted by Crippen LogP contribution is -2.44. The molecule has 0 bridgehead atoms. The summed E-state index contributed by atoms with van der Waals surface area (Å²) < 4.78 is 0. The van der Waals surface area contributed by atoms with Crippen molar-refractivity contribution in [3.05, 3.63) is 0 Å². The highest BCUT2D eigenvalue weighted by Crippen LogP contribution is 2.52. The summed E-state index contributed by atoms with van der Waals surface area (Å²) in [5.74, 6) is 1.64. The van der Waals surface area contributed by atoms with E-state index in [1.54, 1.807) is 0 Å². The van der Waals surface area contributed by atoms with Crippen LogP contribution in [0.1, 0.15) is 81.1 Å². The smallest absolute Gasteiger partial charge is 0.0226 e. The van der Waals surface area contributed by atoms with Crippen LogP contribution in [-0.4, -0.2) is 0 Å². The van der Waals surface area contributed by atoms with Crippen molar-refractivity contribution in [1.82, 2.24) is 0 Å². The fourth-order valence-corrected chi connectivity index (χ4v) is 3.43. The summed E-state index contributed by atoms with van der Waals surface area (Å²) in [7, 11) is 0. The Kier molecular flexibility index (Phi) is 6.07. The van der Waals surface area contributed by atoms with Gasteiger partial charge in [-0.25, -0.2) is 0 Å². The molecule has 0 spiro atoms. The second-order valence-corrected chi connectivity index (χ2v) is 6.91. The van der Waals surface area contributed by atoms with Crippen LogP contribution in [0.4, 0.5) is 0 Å². The highest BCUT2D eigenvalue weighted by molar-refractivity contribution is 4.93. The number of hydrogen-bond donors (Lipinski definition) is 0. The SMILES string of the molecule is CCCC(C)C(C)(C(C)CCC)C(C)(C)C. The summed E-state index contributed by atoms with van der Waals surface area (Å²) in [6.45, 7) is 19.3. The highest BCUT2D eigenvalue weighted by atomic mass is 14.5. The molecule has 0 aliphatic carbocycles. The van der Waals surface area contributed by atoms with Crippen molar-refractivity contribution in [1.29, 1.82) is 0 Å². The van der Waals surface area contributed by atoms with Crippen molar-refractivity contribution in [2.75, 3.05) is 0 Å². The van der Waals surface area contributed by atoms with Crippen molar-refractivity contribution in [3.63, 3.8) is 0 Å². The monoisotopic (exact) mass is 226 g/mol. The summed E-state index contributed by atoms with van der Waals surface area (Å²) in [4.78, 5) is 0. The molecule has 0 aromatic heterocycles. The van der Waals surface area contributed by atoms with Gasteiger partial charge in [0.05, 0.1) is 0 Å². The minimum absolute atomic E-state index is 0.399. The van der Waals surface area contributed by atoms with Crippen LogP contribution in [0.2, 0.25) is 0 Å². The van der Waals surface area contributed by atoms with Gasteiger partial charge in [0.1, 0.15) is 0 Å². The van der Waals surface area contributed by atoms with Crippen LogP contribution < -0.4 is 0 Å². The molecular weight excluding hydrogens is 192 g/mol. The molecule has 16 heavy (non-hydrogen) atoms. The fraction of sp³-hybridized carbons (Fsp3) is 1.00. The van der Waals surface area contributed by atoms with E-state index in [2.05, 4.69) is 55.4 Å². The third-order valence-corrected chi connectivity index (χ3v) is 5.11. The van der Waals surface area contributed by atoms with E-state index < -0.39 is 0 Å². The molecule has 0 N–H and O–H groups in total. The van der Waals surface area contributed by atoms with Crippen molar-refractivity contribution >= 4 is 0 Å². The fourth-order valence-electron chi connectivity index (χ4n) is 3.43. The zero-order chi connectivity index (χ0) is 13.0. The average molecular weight is 226 g/mol. The Morgan fingerprint density at radius 1 is 0.750 bits per heavy atom. The summed E-state index contributed by atoms with van der Waals surface area (Å²) in [6.07, 6.45) is 5.35. The van der Waals surface area contributed by atoms with Gasteiger partial charge in [0.15, 0.2) is 0 Å². The Morgan fingerprint density at radius 3 is 1.25 bits per heavy atom. The van der Waals surface area contributed by atoms with Crippen LogP contribution >= 0.6 is 0 Å². The van der Waals surface area contributed by atoms with E-state index in [1.165, 1.54) is 25.7 Å². The number of hydrogen-bond acceptors (Lipinski definition) is 0. The van der Waals surface area contributed by atoms with Crippen LogP contribution in [-0.2, 0) is 0 Å². The average Bonchev–Trinajstić information content (AvgIpc) is 2.15. The molecule has 2 atom stereocenters. The molecule has 0 aliphatic rings. The van der Waals surface area contributed by atoms with Crippen LogP contribution in [0.5, 0.6) is 0 Å². The van der Waals surface area contributed by atoms with Crippen molar-refractivity contribution in [2.24, 2.45) is 22.7 Å². The molecule has 0 fully saturated rings. The lowest BCUT2D eigenvalue weighted by atomic mass is 9.54. The summed E-state index contributed by atoms with van der Waals surface area (Å²) in [5.41, 5.74) is 0.856. The zero-order valence-corrected chi connectivity index (χ0v) is 13.0. The van der Waals surface area contributed by atoms with Crippen molar-refractivity contribution in [3.8, 4) is 0 Å². The largest absolute Gasteiger partial charge is 0.0654 e. The van der Waals surface area contributed by atoms with E-state index in [0.29, 0.717) is 10.8 Å². The summed E-state index contributed by atoms with van der Waals surface area (Å²) >= 11 is 0. The maximum absolute atomic E-state index is 2.52. The minimum Gasteiger partial charge on any atom is -0.0654 e. The van der Waals surface area contributed by atoms with E-state index in [4.69, 9.17) is 0 Å². The lowest BCUT2D eigenvalue weighted by Gasteiger charge is -2.51. The van der Waals surface area contributed by atoms with E-state index >= 15 is 0 Å². The molecule has 0 aliphatic heterocycles. The van der Waals surface area contributed by atoms with Crippen LogP contribution in [0, 0.1) is 22.7 Å². The van der Waals surface area contributed by atoms with E-state index in [9.17, 15) is 0 Å². The van der Waals surface area contributed by atoms with E-state index in [0.717, 1.165) is 11.8 Å². The Bertz CT molecular complexity index is 173. The van der Waals surface area contributed by atoms with Gasteiger partial charge < -0.3 is 0 Å². The maximum atomic E-state index is 2.52. The predicted molar refractivity (Wildman–Crippen MR) is 75.7 cm³/mol. The molecule has 0 aromatic rings. The Labute approximate surface area is 104 Å². The van der Waals surface area contributed by atoms with Crippen molar-refractivity contribution < 1.29 is 0 Å². The van der Waals surface area contributed by atoms with Gasteiger partial charge in [-0.1, -0.05) is 81.1 Å². The first-order chi connectivity index (χ1) is 7.21. The van der Waals surface area contributed by atoms with Gasteiger partial charge in [0.2, 0.25) is 0 Å². The van der Waals surface area contributed by atoms with Gasteiger partial charge in [-0.2, -0.15) is 0 Å². The van der Waals surface area contributed by atoms with Crippen LogP contribution in [0.25, 0.3) is 0 Å². The quantitative estimate of drug-likeness (QED) is 0.528. The standard InChI is InChI=1S/C16H34/c1-9-11-13(3)16(8,15(5,6)7)14(4)12-10-2/h13-14H,9-12H2,1-8H3. The summed E-state index contributed by atoms with van der Waals surface area (Å²) in [5, 5.41) is 0. The number of rotatable bonds is 6. The molecule has 0 saturated heterocycles. The van der Waals surface area contributed by atoms with E-state index in [-0.39, 0.29) is 0 Å². The second-order valence-electron chi connectivity index (χ2n) is 6.91. The van der Waals surface area contributed by atoms with Crippen molar-refractivity contribution in [2.45, 2.75) is 81.1 Å². The first kappa shape index (κ1) is 16.0. The Hall–Kier alpha value is 0. The molecule has 0 radical (unpaired) electrons. The van der Waals surface area contributed by atoms with Gasteiger partial charge in [0.25, 0.3) is 0 Å². The minimum atomic E-state index is 0.399.